The van der Waals surface area contributed by atoms with Crippen LogP contribution >= 0.6 is 0 Å². The largest absolute Gasteiger partial charge is 0.465 e. The van der Waals surface area contributed by atoms with Gasteiger partial charge in [0.15, 0.2) is 5.92 Å². The van der Waals surface area contributed by atoms with Gasteiger partial charge in [-0.15, -0.1) is 0 Å². The molecule has 1 aromatic carbocycles. The minimum Gasteiger partial charge on any atom is -0.465 e. The number of carbonyl (C=O) groups is 4. The minimum absolute atomic E-state index is 0.134. The number of ether oxygens (including phenoxy) is 3. The van der Waals surface area contributed by atoms with E-state index in [1.165, 1.54) is 0 Å². The summed E-state index contributed by atoms with van der Waals surface area (Å²) in [5, 5.41) is 2.65. The molecule has 29 heavy (non-hydrogen) atoms. The molecule has 0 aliphatic heterocycles. The number of hydrogen-bond acceptors (Lipinski definition) is 7. The molecule has 1 rings (SSSR count). The summed E-state index contributed by atoms with van der Waals surface area (Å²) in [5.41, 5.74) is 0.415. The lowest BCUT2D eigenvalue weighted by atomic mass is 9.99. The van der Waals surface area contributed by atoms with Gasteiger partial charge < -0.3 is 19.5 Å². The number of nitrogens with one attached hydrogen (secondary N) is 1. The Morgan fingerprint density at radius 2 is 1.31 bits per heavy atom. The first-order valence-electron chi connectivity index (χ1n) is 9.80. The van der Waals surface area contributed by atoms with Gasteiger partial charge in [-0.05, 0) is 52.2 Å². The Hall–Kier alpha value is -2.90. The Labute approximate surface area is 170 Å². The standard InChI is InChI=1S/C21H29NO7/c1-4-27-19(24)16(20(25)28-5-2)13-10-14-17(21(26)29-6-3)22-18(23)15-11-8-7-9-12-15/h7-9,11-12,16-17H,4-6,10,13-14H2,1-3H3,(H,22,23)/t17-/m0/s1. The molecule has 0 saturated heterocycles. The van der Waals surface area contributed by atoms with E-state index < -0.39 is 35.8 Å². The van der Waals surface area contributed by atoms with E-state index in [0.29, 0.717) is 12.0 Å². The van der Waals surface area contributed by atoms with Crippen LogP contribution in [0.1, 0.15) is 50.4 Å². The van der Waals surface area contributed by atoms with Crippen LogP contribution in [0.4, 0.5) is 0 Å². The number of esters is 3. The topological polar surface area (TPSA) is 108 Å². The first kappa shape index (κ1) is 24.1. The molecule has 1 atom stereocenters. The van der Waals surface area contributed by atoms with Gasteiger partial charge in [-0.3, -0.25) is 14.4 Å². The zero-order valence-corrected chi connectivity index (χ0v) is 17.1. The van der Waals surface area contributed by atoms with Crippen molar-refractivity contribution in [1.82, 2.24) is 5.32 Å². The van der Waals surface area contributed by atoms with E-state index in [2.05, 4.69) is 5.32 Å². The van der Waals surface area contributed by atoms with E-state index >= 15 is 0 Å². The number of amides is 1. The van der Waals surface area contributed by atoms with Crippen LogP contribution in [-0.2, 0) is 28.6 Å². The second-order valence-corrected chi connectivity index (χ2v) is 6.13. The summed E-state index contributed by atoms with van der Waals surface area (Å²) >= 11 is 0. The highest BCUT2D eigenvalue weighted by molar-refractivity contribution is 5.97. The zero-order chi connectivity index (χ0) is 21.6. The number of hydrogen-bond donors (Lipinski definition) is 1. The van der Waals surface area contributed by atoms with Crippen molar-refractivity contribution < 1.29 is 33.4 Å². The molecule has 0 unspecified atom stereocenters. The van der Waals surface area contributed by atoms with Gasteiger partial charge in [0.25, 0.3) is 5.91 Å². The fraction of sp³-hybridized carbons (Fsp3) is 0.524. The molecule has 8 nitrogen and oxygen atoms in total. The van der Waals surface area contributed by atoms with Crippen LogP contribution < -0.4 is 5.32 Å². The highest BCUT2D eigenvalue weighted by Gasteiger charge is 2.30. The normalized spacial score (nSPS) is 11.4. The van der Waals surface area contributed by atoms with Crippen molar-refractivity contribution in [3.8, 4) is 0 Å². The second-order valence-electron chi connectivity index (χ2n) is 6.13. The zero-order valence-electron chi connectivity index (χ0n) is 17.1. The van der Waals surface area contributed by atoms with E-state index in [1.807, 2.05) is 0 Å². The van der Waals surface area contributed by atoms with Gasteiger partial charge in [-0.2, -0.15) is 0 Å². The Balaban J connectivity index is 2.76. The average molecular weight is 407 g/mol. The van der Waals surface area contributed by atoms with Gasteiger partial charge >= 0.3 is 17.9 Å². The first-order valence-corrected chi connectivity index (χ1v) is 9.80. The molecule has 8 heteroatoms. The summed E-state index contributed by atoms with van der Waals surface area (Å²) in [6.45, 7) is 5.43. The van der Waals surface area contributed by atoms with Crippen molar-refractivity contribution in [2.24, 2.45) is 5.92 Å². The Morgan fingerprint density at radius 3 is 1.83 bits per heavy atom. The summed E-state index contributed by atoms with van der Waals surface area (Å²) in [6.07, 6.45) is 0.641. The lowest BCUT2D eigenvalue weighted by molar-refractivity contribution is -0.162. The van der Waals surface area contributed by atoms with E-state index in [9.17, 15) is 19.2 Å². The Morgan fingerprint density at radius 1 is 0.793 bits per heavy atom. The van der Waals surface area contributed by atoms with Crippen molar-refractivity contribution in [2.75, 3.05) is 19.8 Å². The monoisotopic (exact) mass is 407 g/mol. The predicted molar refractivity (Wildman–Crippen MR) is 105 cm³/mol. The van der Waals surface area contributed by atoms with Crippen LogP contribution in [0.5, 0.6) is 0 Å². The van der Waals surface area contributed by atoms with Crippen LogP contribution in [0.3, 0.4) is 0 Å². The molecule has 1 N–H and O–H groups in total. The molecule has 0 aliphatic rings. The maximum atomic E-state index is 12.4. The van der Waals surface area contributed by atoms with Gasteiger partial charge in [-0.1, -0.05) is 18.2 Å². The molecule has 1 amide bonds. The Kier molecular flexibility index (Phi) is 11.1. The molecule has 0 saturated carbocycles. The maximum Gasteiger partial charge on any atom is 0.328 e. The number of benzene rings is 1. The second kappa shape index (κ2) is 13.3. The van der Waals surface area contributed by atoms with Gasteiger partial charge in [0.2, 0.25) is 0 Å². The summed E-state index contributed by atoms with van der Waals surface area (Å²) in [6, 6.07) is 7.59. The molecule has 1 aromatic rings. The molecular formula is C21H29NO7. The van der Waals surface area contributed by atoms with Gasteiger partial charge in [0, 0.05) is 5.56 Å². The fourth-order valence-electron chi connectivity index (χ4n) is 2.67. The summed E-state index contributed by atoms with van der Waals surface area (Å²) in [7, 11) is 0. The smallest absolute Gasteiger partial charge is 0.328 e. The third-order valence-electron chi connectivity index (χ3n) is 4.04. The lowest BCUT2D eigenvalue weighted by Crippen LogP contribution is -2.42. The summed E-state index contributed by atoms with van der Waals surface area (Å²) in [4.78, 5) is 48.7. The number of carbonyl (C=O) groups excluding carboxylic acids is 4. The molecular weight excluding hydrogens is 378 g/mol. The molecule has 160 valence electrons. The van der Waals surface area contributed by atoms with Gasteiger partial charge in [0.05, 0.1) is 19.8 Å². The molecule has 0 aliphatic carbocycles. The minimum atomic E-state index is -1.07. The van der Waals surface area contributed by atoms with E-state index in [0.717, 1.165) is 0 Å². The van der Waals surface area contributed by atoms with Crippen molar-refractivity contribution in [1.29, 1.82) is 0 Å². The number of rotatable bonds is 12. The van der Waals surface area contributed by atoms with Crippen molar-refractivity contribution in [2.45, 2.75) is 46.1 Å². The lowest BCUT2D eigenvalue weighted by Gasteiger charge is -2.19. The van der Waals surface area contributed by atoms with Crippen LogP contribution in [0.15, 0.2) is 30.3 Å². The molecule has 0 spiro atoms. The van der Waals surface area contributed by atoms with Crippen LogP contribution in [0.2, 0.25) is 0 Å². The van der Waals surface area contributed by atoms with Crippen molar-refractivity contribution in [3.63, 3.8) is 0 Å². The Bertz CT molecular complexity index is 657. The van der Waals surface area contributed by atoms with Gasteiger partial charge in [-0.25, -0.2) is 4.79 Å². The third-order valence-corrected chi connectivity index (χ3v) is 4.04. The molecule has 0 heterocycles. The fourth-order valence-corrected chi connectivity index (χ4v) is 2.67. The highest BCUT2D eigenvalue weighted by Crippen LogP contribution is 2.15. The van der Waals surface area contributed by atoms with Crippen LogP contribution in [-0.4, -0.2) is 49.7 Å². The molecule has 0 aromatic heterocycles. The van der Waals surface area contributed by atoms with Crippen molar-refractivity contribution >= 4 is 23.8 Å². The summed E-state index contributed by atoms with van der Waals surface area (Å²) < 4.78 is 14.9. The SMILES string of the molecule is CCOC(=O)C(CCC[C@H](NC(=O)c1ccccc1)C(=O)OCC)C(=O)OCC. The first-order chi connectivity index (χ1) is 13.9. The highest BCUT2D eigenvalue weighted by atomic mass is 16.6. The van der Waals surface area contributed by atoms with Crippen LogP contribution in [0.25, 0.3) is 0 Å². The molecule has 0 bridgehead atoms. The molecule has 0 fully saturated rings. The van der Waals surface area contributed by atoms with E-state index in [-0.39, 0.29) is 32.7 Å². The summed E-state index contributed by atoms with van der Waals surface area (Å²) in [5.74, 6) is -3.36. The van der Waals surface area contributed by atoms with E-state index in [4.69, 9.17) is 14.2 Å². The quantitative estimate of drug-likeness (QED) is 0.322. The van der Waals surface area contributed by atoms with E-state index in [1.54, 1.807) is 51.1 Å². The maximum absolute atomic E-state index is 12.4. The van der Waals surface area contributed by atoms with Gasteiger partial charge in [0.1, 0.15) is 6.04 Å². The molecule has 0 radical (unpaired) electrons. The predicted octanol–water partition coefficient (Wildman–Crippen LogP) is 2.26. The van der Waals surface area contributed by atoms with Crippen molar-refractivity contribution in [3.05, 3.63) is 35.9 Å². The van der Waals surface area contributed by atoms with Crippen LogP contribution in [0, 0.1) is 5.92 Å². The average Bonchev–Trinajstić information content (AvgIpc) is 2.71. The third kappa shape index (κ3) is 8.33.